The van der Waals surface area contributed by atoms with Gasteiger partial charge in [0.25, 0.3) is 0 Å². The third kappa shape index (κ3) is 1.58. The molecule has 1 aromatic rings. The Kier molecular flexibility index (Phi) is 2.56. The van der Waals surface area contributed by atoms with Crippen molar-refractivity contribution in [2.75, 3.05) is 6.54 Å². The molecule has 1 unspecified atom stereocenters. The van der Waals surface area contributed by atoms with Gasteiger partial charge < -0.3 is 5.32 Å². The molecule has 0 spiro atoms. The number of halogens is 1. The Hall–Kier alpha value is -0.540. The van der Waals surface area contributed by atoms with E-state index in [4.69, 9.17) is 11.6 Å². The molecule has 0 aliphatic carbocycles. The fourth-order valence-corrected chi connectivity index (χ4v) is 2.16. The summed E-state index contributed by atoms with van der Waals surface area (Å²) in [5, 5.41) is 8.45. The number of aryl methyl sites for hydroxylation is 1. The average molecular weight is 200 g/mol. The van der Waals surface area contributed by atoms with Crippen molar-refractivity contribution in [3.63, 3.8) is 0 Å². The first-order valence-corrected chi connectivity index (χ1v) is 5.15. The van der Waals surface area contributed by atoms with E-state index in [9.17, 15) is 0 Å². The van der Waals surface area contributed by atoms with E-state index in [0.29, 0.717) is 6.04 Å². The fraction of sp³-hybridized carbons (Fsp3) is 0.667. The predicted octanol–water partition coefficient (Wildman–Crippen LogP) is 1.98. The van der Waals surface area contributed by atoms with Crippen LogP contribution in [-0.2, 0) is 6.54 Å². The van der Waals surface area contributed by atoms with Crippen LogP contribution < -0.4 is 5.32 Å². The quantitative estimate of drug-likeness (QED) is 0.790. The van der Waals surface area contributed by atoms with Gasteiger partial charge in [0.05, 0.1) is 23.0 Å². The lowest BCUT2D eigenvalue weighted by atomic mass is 10.1. The molecule has 0 amide bonds. The van der Waals surface area contributed by atoms with Crippen molar-refractivity contribution in [2.24, 2.45) is 0 Å². The van der Waals surface area contributed by atoms with Gasteiger partial charge in [-0.05, 0) is 26.3 Å². The second-order valence-electron chi connectivity index (χ2n) is 3.34. The highest BCUT2D eigenvalue weighted by Gasteiger charge is 2.22. The van der Waals surface area contributed by atoms with Gasteiger partial charge in [-0.2, -0.15) is 5.10 Å². The minimum absolute atomic E-state index is 0.412. The molecule has 1 aromatic heterocycles. The van der Waals surface area contributed by atoms with Crippen LogP contribution in [0.15, 0.2) is 6.20 Å². The van der Waals surface area contributed by atoms with Crippen LogP contribution in [0.5, 0.6) is 0 Å². The first-order chi connectivity index (χ1) is 6.33. The molecule has 72 valence electrons. The number of aromatic nitrogens is 2. The second kappa shape index (κ2) is 3.68. The molecule has 4 heteroatoms. The number of nitrogens with zero attached hydrogens (tertiary/aromatic N) is 2. The van der Waals surface area contributed by atoms with Gasteiger partial charge in [0.15, 0.2) is 0 Å². The summed E-state index contributed by atoms with van der Waals surface area (Å²) in [6.07, 6.45) is 4.14. The minimum Gasteiger partial charge on any atom is -0.309 e. The van der Waals surface area contributed by atoms with E-state index < -0.39 is 0 Å². The average Bonchev–Trinajstić information content (AvgIpc) is 2.72. The van der Waals surface area contributed by atoms with Crippen molar-refractivity contribution >= 4 is 11.6 Å². The minimum atomic E-state index is 0.412. The van der Waals surface area contributed by atoms with E-state index in [0.717, 1.165) is 23.8 Å². The maximum atomic E-state index is 6.08. The maximum Gasteiger partial charge on any atom is 0.0834 e. The van der Waals surface area contributed by atoms with Crippen molar-refractivity contribution in [2.45, 2.75) is 32.4 Å². The topological polar surface area (TPSA) is 29.9 Å². The molecule has 1 N–H and O–H groups in total. The van der Waals surface area contributed by atoms with Crippen molar-refractivity contribution < 1.29 is 0 Å². The summed E-state index contributed by atoms with van der Waals surface area (Å²) in [5.74, 6) is 0. The molecule has 0 bridgehead atoms. The molecule has 1 atom stereocenters. The summed E-state index contributed by atoms with van der Waals surface area (Å²) < 4.78 is 1.98. The number of hydrogen-bond donors (Lipinski definition) is 1. The standard InChI is InChI=1S/C9H14ClN3/c1-2-13-9(7(10)6-12-13)8-4-3-5-11-8/h6,8,11H,2-5H2,1H3. The molecule has 1 saturated heterocycles. The van der Waals surface area contributed by atoms with Crippen LogP contribution in [0.3, 0.4) is 0 Å². The Morgan fingerprint density at radius 1 is 1.77 bits per heavy atom. The molecule has 1 fully saturated rings. The lowest BCUT2D eigenvalue weighted by molar-refractivity contribution is 0.540. The monoisotopic (exact) mass is 199 g/mol. The third-order valence-corrected chi connectivity index (χ3v) is 2.81. The van der Waals surface area contributed by atoms with Crippen LogP contribution in [0.25, 0.3) is 0 Å². The highest BCUT2D eigenvalue weighted by Crippen LogP contribution is 2.28. The zero-order valence-electron chi connectivity index (χ0n) is 7.76. The summed E-state index contributed by atoms with van der Waals surface area (Å²) in [6.45, 7) is 4.07. The van der Waals surface area contributed by atoms with Crippen molar-refractivity contribution in [3.05, 3.63) is 16.9 Å². The molecule has 1 aliphatic heterocycles. The van der Waals surface area contributed by atoms with Crippen LogP contribution in [0.4, 0.5) is 0 Å². The summed E-state index contributed by atoms with van der Waals surface area (Å²) in [7, 11) is 0. The summed E-state index contributed by atoms with van der Waals surface area (Å²) in [6, 6.07) is 0.412. The molecular formula is C9H14ClN3. The molecule has 2 heterocycles. The van der Waals surface area contributed by atoms with Gasteiger partial charge in [-0.15, -0.1) is 0 Å². The summed E-state index contributed by atoms with van der Waals surface area (Å²) >= 11 is 6.08. The second-order valence-corrected chi connectivity index (χ2v) is 3.75. The Morgan fingerprint density at radius 2 is 2.62 bits per heavy atom. The highest BCUT2D eigenvalue weighted by molar-refractivity contribution is 6.31. The molecule has 13 heavy (non-hydrogen) atoms. The van der Waals surface area contributed by atoms with Gasteiger partial charge in [-0.25, -0.2) is 0 Å². The molecule has 1 aliphatic rings. The Balaban J connectivity index is 2.30. The van der Waals surface area contributed by atoms with E-state index in [1.807, 2.05) is 4.68 Å². The Morgan fingerprint density at radius 3 is 3.23 bits per heavy atom. The smallest absolute Gasteiger partial charge is 0.0834 e. The summed E-state index contributed by atoms with van der Waals surface area (Å²) in [5.41, 5.74) is 1.15. The van der Waals surface area contributed by atoms with E-state index in [1.165, 1.54) is 12.8 Å². The Bertz CT molecular complexity index is 289. The van der Waals surface area contributed by atoms with Crippen molar-refractivity contribution in [3.8, 4) is 0 Å². The SMILES string of the molecule is CCn1ncc(Cl)c1C1CCCN1. The molecule has 0 aromatic carbocycles. The lowest BCUT2D eigenvalue weighted by Gasteiger charge is -2.12. The van der Waals surface area contributed by atoms with Crippen LogP contribution in [0, 0.1) is 0 Å². The van der Waals surface area contributed by atoms with Crippen molar-refractivity contribution in [1.29, 1.82) is 0 Å². The van der Waals surface area contributed by atoms with Gasteiger partial charge in [0.2, 0.25) is 0 Å². The van der Waals surface area contributed by atoms with E-state index in [1.54, 1.807) is 6.20 Å². The van der Waals surface area contributed by atoms with E-state index in [-0.39, 0.29) is 0 Å². The number of hydrogen-bond acceptors (Lipinski definition) is 2. The molecule has 0 radical (unpaired) electrons. The Labute approximate surface area is 83.1 Å². The highest BCUT2D eigenvalue weighted by atomic mass is 35.5. The van der Waals surface area contributed by atoms with Crippen LogP contribution in [0.2, 0.25) is 5.02 Å². The zero-order valence-corrected chi connectivity index (χ0v) is 8.51. The van der Waals surface area contributed by atoms with Gasteiger partial charge in [0.1, 0.15) is 0 Å². The fourth-order valence-electron chi connectivity index (χ4n) is 1.89. The molecule has 2 rings (SSSR count). The zero-order chi connectivity index (χ0) is 9.26. The molecule has 3 nitrogen and oxygen atoms in total. The first kappa shape index (κ1) is 9.03. The van der Waals surface area contributed by atoms with Gasteiger partial charge >= 0.3 is 0 Å². The number of rotatable bonds is 2. The van der Waals surface area contributed by atoms with E-state index in [2.05, 4.69) is 17.3 Å². The van der Waals surface area contributed by atoms with Crippen LogP contribution in [-0.4, -0.2) is 16.3 Å². The first-order valence-electron chi connectivity index (χ1n) is 4.77. The van der Waals surface area contributed by atoms with Crippen LogP contribution in [0.1, 0.15) is 31.5 Å². The normalized spacial score (nSPS) is 22.5. The molecular weight excluding hydrogens is 186 g/mol. The van der Waals surface area contributed by atoms with Gasteiger partial charge in [0, 0.05) is 6.54 Å². The largest absolute Gasteiger partial charge is 0.309 e. The predicted molar refractivity (Wildman–Crippen MR) is 52.9 cm³/mol. The van der Waals surface area contributed by atoms with Crippen molar-refractivity contribution in [1.82, 2.24) is 15.1 Å². The third-order valence-electron chi connectivity index (χ3n) is 2.52. The number of nitrogens with one attached hydrogen (secondary N) is 1. The molecule has 0 saturated carbocycles. The summed E-state index contributed by atoms with van der Waals surface area (Å²) in [4.78, 5) is 0. The lowest BCUT2D eigenvalue weighted by Crippen LogP contribution is -2.17. The maximum absolute atomic E-state index is 6.08. The van der Waals surface area contributed by atoms with E-state index >= 15 is 0 Å². The van der Waals surface area contributed by atoms with Gasteiger partial charge in [-0.3, -0.25) is 4.68 Å². The van der Waals surface area contributed by atoms with Gasteiger partial charge in [-0.1, -0.05) is 11.6 Å². The van der Waals surface area contributed by atoms with Crippen LogP contribution >= 0.6 is 11.6 Å².